The van der Waals surface area contributed by atoms with E-state index in [1.165, 1.54) is 0 Å². The van der Waals surface area contributed by atoms with Gasteiger partial charge in [0.25, 0.3) is 0 Å². The fourth-order valence-electron chi connectivity index (χ4n) is 1.24. The van der Waals surface area contributed by atoms with Crippen LogP contribution < -0.4 is 4.74 Å². The minimum absolute atomic E-state index is 0.172. The second kappa shape index (κ2) is 4.70. The van der Waals surface area contributed by atoms with E-state index in [0.29, 0.717) is 12.4 Å². The first kappa shape index (κ1) is 10.6. The minimum Gasteiger partial charge on any atom is -0.504 e. The number of allylic oxidation sites excluding steroid dienone is 1. The van der Waals surface area contributed by atoms with Gasteiger partial charge in [-0.1, -0.05) is 25.1 Å². The van der Waals surface area contributed by atoms with Gasteiger partial charge in [0.15, 0.2) is 11.5 Å². The van der Waals surface area contributed by atoms with Crippen molar-refractivity contribution in [2.45, 2.75) is 13.8 Å². The molecule has 1 N–H and O–H groups in total. The Morgan fingerprint density at radius 1 is 1.57 bits per heavy atom. The number of rotatable bonds is 4. The van der Waals surface area contributed by atoms with E-state index in [-0.39, 0.29) is 5.75 Å². The van der Waals surface area contributed by atoms with Crippen LogP contribution in [-0.2, 0) is 0 Å². The van der Waals surface area contributed by atoms with Gasteiger partial charge in [0, 0.05) is 11.5 Å². The SMILES string of the molecule is C=C[C](C)c1cccc(O)c1OCC. The molecule has 0 spiro atoms. The van der Waals surface area contributed by atoms with Gasteiger partial charge in [0.1, 0.15) is 0 Å². The smallest absolute Gasteiger partial charge is 0.164 e. The van der Waals surface area contributed by atoms with Crippen molar-refractivity contribution in [3.63, 3.8) is 0 Å². The molecular formula is C12H15O2. The summed E-state index contributed by atoms with van der Waals surface area (Å²) in [6, 6.07) is 5.31. The van der Waals surface area contributed by atoms with Crippen molar-refractivity contribution in [2.24, 2.45) is 0 Å². The lowest BCUT2D eigenvalue weighted by molar-refractivity contribution is 0.316. The molecule has 1 radical (unpaired) electrons. The quantitative estimate of drug-likeness (QED) is 0.792. The average Bonchev–Trinajstić information content (AvgIpc) is 2.20. The molecule has 0 aliphatic heterocycles. The molecule has 1 rings (SSSR count). The summed E-state index contributed by atoms with van der Waals surface area (Å²) in [5.41, 5.74) is 0.891. The molecule has 0 fully saturated rings. The van der Waals surface area contributed by atoms with E-state index < -0.39 is 0 Å². The lowest BCUT2D eigenvalue weighted by Gasteiger charge is -2.13. The number of para-hydroxylation sites is 1. The summed E-state index contributed by atoms with van der Waals surface area (Å²) in [5.74, 6) is 1.70. The second-order valence-electron chi connectivity index (χ2n) is 2.97. The summed E-state index contributed by atoms with van der Waals surface area (Å²) < 4.78 is 5.37. The molecule has 2 nitrogen and oxygen atoms in total. The first-order valence-electron chi connectivity index (χ1n) is 4.61. The van der Waals surface area contributed by atoms with Crippen molar-refractivity contribution < 1.29 is 9.84 Å². The Hall–Kier alpha value is -1.44. The van der Waals surface area contributed by atoms with E-state index in [9.17, 15) is 5.11 Å². The van der Waals surface area contributed by atoms with E-state index in [1.54, 1.807) is 18.2 Å². The summed E-state index contributed by atoms with van der Waals surface area (Å²) in [6.45, 7) is 8.05. The zero-order chi connectivity index (χ0) is 10.6. The molecule has 0 heterocycles. The second-order valence-corrected chi connectivity index (χ2v) is 2.97. The maximum Gasteiger partial charge on any atom is 0.164 e. The molecule has 0 aromatic heterocycles. The van der Waals surface area contributed by atoms with Crippen LogP contribution in [-0.4, -0.2) is 11.7 Å². The van der Waals surface area contributed by atoms with Crippen LogP contribution in [0, 0.1) is 5.92 Å². The molecular weight excluding hydrogens is 176 g/mol. The lowest BCUT2D eigenvalue weighted by Crippen LogP contribution is -1.99. The molecule has 0 saturated carbocycles. The van der Waals surface area contributed by atoms with Crippen LogP contribution in [0.3, 0.4) is 0 Å². The Bertz CT molecular complexity index is 318. The predicted molar refractivity (Wildman–Crippen MR) is 57.5 cm³/mol. The number of hydrogen-bond acceptors (Lipinski definition) is 2. The number of ether oxygens (including phenoxy) is 1. The van der Waals surface area contributed by atoms with Gasteiger partial charge in [0.05, 0.1) is 6.61 Å². The first-order chi connectivity index (χ1) is 6.70. The molecule has 0 amide bonds. The van der Waals surface area contributed by atoms with Crippen LogP contribution in [0.15, 0.2) is 30.9 Å². The van der Waals surface area contributed by atoms with Crippen molar-refractivity contribution in [1.29, 1.82) is 0 Å². The zero-order valence-electron chi connectivity index (χ0n) is 8.58. The maximum atomic E-state index is 9.59. The zero-order valence-corrected chi connectivity index (χ0v) is 8.58. The van der Waals surface area contributed by atoms with Crippen molar-refractivity contribution in [3.05, 3.63) is 42.3 Å². The normalized spacial score (nSPS) is 10.2. The van der Waals surface area contributed by atoms with Gasteiger partial charge in [-0.05, 0) is 13.0 Å². The van der Waals surface area contributed by atoms with Gasteiger partial charge in [-0.25, -0.2) is 0 Å². The van der Waals surface area contributed by atoms with Crippen molar-refractivity contribution >= 4 is 0 Å². The maximum absolute atomic E-state index is 9.59. The Kier molecular flexibility index (Phi) is 3.57. The largest absolute Gasteiger partial charge is 0.504 e. The molecule has 0 aliphatic carbocycles. The summed E-state index contributed by atoms with van der Waals surface area (Å²) >= 11 is 0. The van der Waals surface area contributed by atoms with Gasteiger partial charge in [-0.2, -0.15) is 0 Å². The van der Waals surface area contributed by atoms with Gasteiger partial charge in [-0.15, -0.1) is 6.58 Å². The highest BCUT2D eigenvalue weighted by Crippen LogP contribution is 2.34. The lowest BCUT2D eigenvalue weighted by atomic mass is 10.00. The van der Waals surface area contributed by atoms with Crippen molar-refractivity contribution in [2.75, 3.05) is 6.61 Å². The Morgan fingerprint density at radius 3 is 2.86 bits per heavy atom. The van der Waals surface area contributed by atoms with Crippen LogP contribution in [0.1, 0.15) is 19.4 Å². The van der Waals surface area contributed by atoms with E-state index in [0.717, 1.165) is 11.5 Å². The third-order valence-electron chi connectivity index (χ3n) is 2.01. The third kappa shape index (κ3) is 2.08. The number of aromatic hydroxyl groups is 1. The Morgan fingerprint density at radius 2 is 2.29 bits per heavy atom. The number of phenolic OH excluding ortho intramolecular Hbond substituents is 1. The van der Waals surface area contributed by atoms with Crippen LogP contribution in [0.25, 0.3) is 0 Å². The van der Waals surface area contributed by atoms with Crippen LogP contribution in [0.5, 0.6) is 11.5 Å². The molecule has 14 heavy (non-hydrogen) atoms. The molecule has 0 saturated heterocycles. The van der Waals surface area contributed by atoms with E-state index in [1.807, 2.05) is 19.9 Å². The van der Waals surface area contributed by atoms with E-state index in [4.69, 9.17) is 4.74 Å². The fourth-order valence-corrected chi connectivity index (χ4v) is 1.24. The number of hydrogen-bond donors (Lipinski definition) is 1. The van der Waals surface area contributed by atoms with Gasteiger partial charge < -0.3 is 9.84 Å². The summed E-state index contributed by atoms with van der Waals surface area (Å²) in [6.07, 6.45) is 1.75. The minimum atomic E-state index is 0.172. The molecule has 1 aromatic carbocycles. The standard InChI is InChI=1S/C12H15O2/c1-4-9(3)10-7-6-8-11(13)12(10)14-5-2/h4,6-8,13H,1,5H2,2-3H3. The van der Waals surface area contributed by atoms with Crippen LogP contribution in [0.4, 0.5) is 0 Å². The van der Waals surface area contributed by atoms with Crippen molar-refractivity contribution in [3.8, 4) is 11.5 Å². The van der Waals surface area contributed by atoms with E-state index >= 15 is 0 Å². The summed E-state index contributed by atoms with van der Waals surface area (Å²) in [5, 5.41) is 9.59. The van der Waals surface area contributed by atoms with Gasteiger partial charge >= 0.3 is 0 Å². The third-order valence-corrected chi connectivity index (χ3v) is 2.01. The molecule has 0 bridgehead atoms. The van der Waals surface area contributed by atoms with Crippen molar-refractivity contribution in [1.82, 2.24) is 0 Å². The highest BCUT2D eigenvalue weighted by atomic mass is 16.5. The monoisotopic (exact) mass is 191 g/mol. The average molecular weight is 191 g/mol. The highest BCUT2D eigenvalue weighted by molar-refractivity contribution is 5.53. The van der Waals surface area contributed by atoms with Crippen LogP contribution in [0.2, 0.25) is 0 Å². The topological polar surface area (TPSA) is 29.5 Å². The molecule has 2 heteroatoms. The molecule has 75 valence electrons. The molecule has 0 atom stereocenters. The van der Waals surface area contributed by atoms with Gasteiger partial charge in [-0.3, -0.25) is 0 Å². The molecule has 0 unspecified atom stereocenters. The Balaban J connectivity index is 3.13. The Labute approximate surface area is 84.8 Å². The first-order valence-corrected chi connectivity index (χ1v) is 4.61. The van der Waals surface area contributed by atoms with Gasteiger partial charge in [0.2, 0.25) is 0 Å². The van der Waals surface area contributed by atoms with E-state index in [2.05, 4.69) is 6.58 Å². The summed E-state index contributed by atoms with van der Waals surface area (Å²) in [4.78, 5) is 0. The molecule has 0 aliphatic rings. The summed E-state index contributed by atoms with van der Waals surface area (Å²) in [7, 11) is 0. The highest BCUT2D eigenvalue weighted by Gasteiger charge is 2.12. The fraction of sp³-hybridized carbons (Fsp3) is 0.250. The number of phenols is 1. The number of benzene rings is 1. The predicted octanol–water partition coefficient (Wildman–Crippen LogP) is 2.92. The molecule has 1 aromatic rings. The van der Waals surface area contributed by atoms with Crippen LogP contribution >= 0.6 is 0 Å².